The number of aryl methyl sites for hydroxylation is 2. The monoisotopic (exact) mass is 340 g/mol. The fraction of sp³-hybridized carbons (Fsp3) is 0.286. The van der Waals surface area contributed by atoms with Crippen molar-refractivity contribution in [3.05, 3.63) is 81.0 Å². The molecule has 1 aromatic heterocycles. The quantitative estimate of drug-likeness (QED) is 0.724. The number of fused-ring (bicyclic) bond motifs is 1. The Hall–Kier alpha value is -2.46. The van der Waals surface area contributed by atoms with E-state index in [9.17, 15) is 9.18 Å². The summed E-state index contributed by atoms with van der Waals surface area (Å²) in [6, 6.07) is 12.3. The van der Waals surface area contributed by atoms with Crippen molar-refractivity contribution in [2.75, 3.05) is 6.54 Å². The van der Waals surface area contributed by atoms with Crippen LogP contribution in [-0.4, -0.2) is 6.54 Å². The molecule has 3 aromatic rings. The van der Waals surface area contributed by atoms with E-state index < -0.39 is 0 Å². The van der Waals surface area contributed by atoms with Gasteiger partial charge < -0.3 is 9.32 Å². The van der Waals surface area contributed by atoms with E-state index in [1.807, 2.05) is 19.1 Å². The Labute approximate surface area is 146 Å². The summed E-state index contributed by atoms with van der Waals surface area (Å²) in [5.74, 6) is -0.218. The molecule has 1 N–H and O–H groups in total. The van der Waals surface area contributed by atoms with Gasteiger partial charge in [0.2, 0.25) is 0 Å². The second-order valence-corrected chi connectivity index (χ2v) is 6.61. The molecular weight excluding hydrogens is 317 g/mol. The minimum atomic E-state index is -0.327. The van der Waals surface area contributed by atoms with Gasteiger partial charge in [-0.3, -0.25) is 0 Å². The summed E-state index contributed by atoms with van der Waals surface area (Å²) >= 11 is 0. The van der Waals surface area contributed by atoms with Gasteiger partial charge >= 0.3 is 5.63 Å². The summed E-state index contributed by atoms with van der Waals surface area (Å²) in [6.45, 7) is 8.44. The van der Waals surface area contributed by atoms with E-state index in [2.05, 4.69) is 19.9 Å². The number of hydrogen-bond acceptors (Lipinski definition) is 2. The minimum Gasteiger partial charge on any atom is -0.423 e. The van der Waals surface area contributed by atoms with Gasteiger partial charge in [0.25, 0.3) is 0 Å². The van der Waals surface area contributed by atoms with E-state index in [1.165, 1.54) is 16.5 Å². The third kappa shape index (κ3) is 3.97. The molecule has 3 rings (SSSR count). The number of hydrogen-bond donors (Lipinski definition) is 1. The van der Waals surface area contributed by atoms with Crippen molar-refractivity contribution in [2.24, 2.45) is 0 Å². The van der Waals surface area contributed by atoms with Crippen LogP contribution in [-0.2, 0) is 13.1 Å². The molecule has 0 spiro atoms. The van der Waals surface area contributed by atoms with Gasteiger partial charge in [-0.2, -0.15) is 0 Å². The Balaban J connectivity index is 1.95. The van der Waals surface area contributed by atoms with Gasteiger partial charge in [0.05, 0.1) is 6.54 Å². The van der Waals surface area contributed by atoms with Crippen molar-refractivity contribution >= 4 is 11.0 Å². The molecule has 0 radical (unpaired) electrons. The lowest BCUT2D eigenvalue weighted by Gasteiger charge is -2.19. The second kappa shape index (κ2) is 7.19. The SMILES string of the molecule is CC[NH+](Cc1cccc(F)c1)Cc1cc(=O)oc2cc(C)c(C)cc12. The molecular formula is C21H23FNO2+. The first-order valence-corrected chi connectivity index (χ1v) is 8.58. The largest absolute Gasteiger partial charge is 0.423 e. The maximum atomic E-state index is 13.4. The highest BCUT2D eigenvalue weighted by molar-refractivity contribution is 5.81. The van der Waals surface area contributed by atoms with Crippen LogP contribution in [0, 0.1) is 19.7 Å². The molecule has 1 atom stereocenters. The lowest BCUT2D eigenvalue weighted by molar-refractivity contribution is -0.925. The lowest BCUT2D eigenvalue weighted by atomic mass is 10.0. The Bertz CT molecular complexity index is 962. The third-order valence-electron chi connectivity index (χ3n) is 4.73. The average molecular weight is 340 g/mol. The van der Waals surface area contributed by atoms with E-state index in [4.69, 9.17) is 4.42 Å². The van der Waals surface area contributed by atoms with Crippen LogP contribution in [0.1, 0.15) is 29.2 Å². The zero-order chi connectivity index (χ0) is 18.0. The maximum absolute atomic E-state index is 13.4. The van der Waals surface area contributed by atoms with Crippen molar-refractivity contribution in [1.82, 2.24) is 0 Å². The molecule has 3 nitrogen and oxygen atoms in total. The van der Waals surface area contributed by atoms with Crippen LogP contribution in [0.3, 0.4) is 0 Å². The molecule has 0 bridgehead atoms. The molecule has 25 heavy (non-hydrogen) atoms. The van der Waals surface area contributed by atoms with Crippen LogP contribution in [0.15, 0.2) is 51.7 Å². The molecule has 1 unspecified atom stereocenters. The summed E-state index contributed by atoms with van der Waals surface area (Å²) in [5.41, 5.74) is 4.51. The topological polar surface area (TPSA) is 34.7 Å². The van der Waals surface area contributed by atoms with Crippen molar-refractivity contribution in [3.8, 4) is 0 Å². The van der Waals surface area contributed by atoms with Gasteiger partial charge in [-0.15, -0.1) is 0 Å². The zero-order valence-corrected chi connectivity index (χ0v) is 14.9. The summed E-state index contributed by atoms with van der Waals surface area (Å²) in [5, 5.41) is 0.980. The lowest BCUT2D eigenvalue weighted by Crippen LogP contribution is -3.09. The predicted molar refractivity (Wildman–Crippen MR) is 97.3 cm³/mol. The molecule has 0 aliphatic carbocycles. The van der Waals surface area contributed by atoms with E-state index in [0.29, 0.717) is 18.7 Å². The molecule has 0 saturated heterocycles. The zero-order valence-electron chi connectivity index (χ0n) is 14.9. The van der Waals surface area contributed by atoms with Crippen LogP contribution in [0.5, 0.6) is 0 Å². The van der Waals surface area contributed by atoms with Crippen molar-refractivity contribution in [1.29, 1.82) is 0 Å². The van der Waals surface area contributed by atoms with Crippen molar-refractivity contribution in [2.45, 2.75) is 33.9 Å². The second-order valence-electron chi connectivity index (χ2n) is 6.61. The van der Waals surface area contributed by atoms with Crippen LogP contribution in [0.25, 0.3) is 11.0 Å². The van der Waals surface area contributed by atoms with Gasteiger partial charge in [0.1, 0.15) is 24.5 Å². The minimum absolute atomic E-state index is 0.218. The Morgan fingerprint density at radius 2 is 1.80 bits per heavy atom. The molecule has 1 heterocycles. The van der Waals surface area contributed by atoms with Crippen molar-refractivity contribution < 1.29 is 13.7 Å². The highest BCUT2D eigenvalue weighted by Crippen LogP contribution is 2.21. The standard InChI is InChI=1S/C21H22FNO2/c1-4-23(12-16-6-5-7-18(22)10-16)13-17-11-21(24)25-20-9-15(3)14(2)8-19(17)20/h5-11H,4,12-13H2,1-3H3/p+1. The highest BCUT2D eigenvalue weighted by Gasteiger charge is 2.14. The van der Waals surface area contributed by atoms with Crippen molar-refractivity contribution in [3.63, 3.8) is 0 Å². The number of quaternary nitrogens is 1. The van der Waals surface area contributed by atoms with Gasteiger partial charge in [0.15, 0.2) is 0 Å². The summed E-state index contributed by atoms with van der Waals surface area (Å²) < 4.78 is 18.8. The Kier molecular flexibility index (Phi) is 5.00. The number of rotatable bonds is 5. The van der Waals surface area contributed by atoms with Gasteiger partial charge in [-0.25, -0.2) is 9.18 Å². The van der Waals surface area contributed by atoms with E-state index in [-0.39, 0.29) is 11.4 Å². The smallest absolute Gasteiger partial charge is 0.336 e. The van der Waals surface area contributed by atoms with Gasteiger partial charge in [0, 0.05) is 22.6 Å². The number of halogens is 1. The van der Waals surface area contributed by atoms with Crippen LogP contribution in [0.2, 0.25) is 0 Å². The maximum Gasteiger partial charge on any atom is 0.336 e. The molecule has 0 aliphatic heterocycles. The predicted octanol–water partition coefficient (Wildman–Crippen LogP) is 3.15. The third-order valence-corrected chi connectivity index (χ3v) is 4.73. The van der Waals surface area contributed by atoms with Gasteiger partial charge in [-0.05, 0) is 56.2 Å². The van der Waals surface area contributed by atoms with Gasteiger partial charge in [-0.1, -0.05) is 12.1 Å². The number of benzene rings is 2. The summed E-state index contributed by atoms with van der Waals surface area (Å²) in [4.78, 5) is 13.2. The fourth-order valence-electron chi connectivity index (χ4n) is 3.15. The van der Waals surface area contributed by atoms with E-state index in [0.717, 1.165) is 28.6 Å². The molecule has 130 valence electrons. The average Bonchev–Trinajstić information content (AvgIpc) is 2.56. The first-order chi connectivity index (χ1) is 12.0. The molecule has 4 heteroatoms. The first kappa shape index (κ1) is 17.4. The van der Waals surface area contributed by atoms with Crippen LogP contribution in [0.4, 0.5) is 4.39 Å². The molecule has 0 amide bonds. The fourth-order valence-corrected chi connectivity index (χ4v) is 3.15. The molecule has 0 aliphatic rings. The van der Waals surface area contributed by atoms with E-state index in [1.54, 1.807) is 18.2 Å². The normalized spacial score (nSPS) is 12.5. The molecule has 0 fully saturated rings. The summed E-state index contributed by atoms with van der Waals surface area (Å²) in [6.07, 6.45) is 0. The highest BCUT2D eigenvalue weighted by atomic mass is 19.1. The van der Waals surface area contributed by atoms with E-state index >= 15 is 0 Å². The Morgan fingerprint density at radius 1 is 1.04 bits per heavy atom. The first-order valence-electron chi connectivity index (χ1n) is 8.58. The molecule has 2 aromatic carbocycles. The Morgan fingerprint density at radius 3 is 2.52 bits per heavy atom. The summed E-state index contributed by atoms with van der Waals surface area (Å²) in [7, 11) is 0. The van der Waals surface area contributed by atoms with Crippen LogP contribution >= 0.6 is 0 Å². The molecule has 0 saturated carbocycles. The number of nitrogens with one attached hydrogen (secondary N) is 1. The van der Waals surface area contributed by atoms with Crippen LogP contribution < -0.4 is 10.5 Å².